The van der Waals surface area contributed by atoms with Crippen LogP contribution in [0.3, 0.4) is 0 Å². The van der Waals surface area contributed by atoms with Gasteiger partial charge < -0.3 is 10.3 Å². The molecule has 1 aliphatic carbocycles. The Hall–Kier alpha value is -1.55. The molecule has 1 saturated carbocycles. The third-order valence-corrected chi connectivity index (χ3v) is 4.16. The van der Waals surface area contributed by atoms with Gasteiger partial charge in [-0.1, -0.05) is 29.7 Å². The molecule has 2 aliphatic rings. The van der Waals surface area contributed by atoms with Gasteiger partial charge in [0.2, 0.25) is 0 Å². The molecule has 2 N–H and O–H groups in total. The minimum Gasteiger partial charge on any atom is -0.341 e. The third kappa shape index (κ3) is 1.68. The smallest absolute Gasteiger partial charge is 0.139 e. The highest BCUT2D eigenvalue weighted by molar-refractivity contribution is 6.32. The van der Waals surface area contributed by atoms with Gasteiger partial charge in [0.15, 0.2) is 0 Å². The molecule has 1 aromatic carbocycles. The van der Waals surface area contributed by atoms with Gasteiger partial charge in [0.25, 0.3) is 0 Å². The van der Waals surface area contributed by atoms with Gasteiger partial charge in [-0.05, 0) is 24.3 Å². The van der Waals surface area contributed by atoms with Crippen LogP contribution in [0.1, 0.15) is 24.7 Å². The molecule has 4 rings (SSSR count). The lowest BCUT2D eigenvalue weighted by atomic mass is 9.95. The first-order chi connectivity index (χ1) is 8.79. The zero-order valence-corrected chi connectivity index (χ0v) is 10.5. The largest absolute Gasteiger partial charge is 0.341 e. The molecule has 1 aromatic heterocycles. The van der Waals surface area contributed by atoms with Gasteiger partial charge in [-0.25, -0.2) is 4.98 Å². The van der Waals surface area contributed by atoms with E-state index >= 15 is 0 Å². The van der Waals surface area contributed by atoms with Crippen LogP contribution in [0.15, 0.2) is 30.5 Å². The summed E-state index contributed by atoms with van der Waals surface area (Å²) in [7, 11) is 2.11. The highest BCUT2D eigenvalue weighted by atomic mass is 15.1. The van der Waals surface area contributed by atoms with Crippen LogP contribution in [-0.2, 0) is 0 Å². The maximum absolute atomic E-state index is 4.53. The van der Waals surface area contributed by atoms with Gasteiger partial charge in [-0.15, -0.1) is 0 Å². The molecule has 2 aromatic rings. The van der Waals surface area contributed by atoms with E-state index in [1.165, 1.54) is 23.9 Å². The average molecular weight is 237 g/mol. The molecule has 3 atom stereocenters. The van der Waals surface area contributed by atoms with E-state index in [0.717, 1.165) is 23.5 Å². The molecule has 90 valence electrons. The minimum absolute atomic E-state index is 0.438. The van der Waals surface area contributed by atoms with Gasteiger partial charge in [-0.2, -0.15) is 0 Å². The molecule has 0 bridgehead atoms. The van der Waals surface area contributed by atoms with E-state index < -0.39 is 0 Å². The first-order valence-electron chi connectivity index (χ1n) is 6.67. The van der Waals surface area contributed by atoms with E-state index in [9.17, 15) is 0 Å². The zero-order valence-electron chi connectivity index (χ0n) is 10.5. The molecule has 1 saturated heterocycles. The van der Waals surface area contributed by atoms with E-state index in [-0.39, 0.29) is 0 Å². The predicted molar refractivity (Wildman–Crippen MR) is 74.6 cm³/mol. The Morgan fingerprint density at radius 2 is 2.00 bits per heavy atom. The normalized spacial score (nSPS) is 29.2. The van der Waals surface area contributed by atoms with Crippen molar-refractivity contribution in [2.24, 2.45) is 5.92 Å². The van der Waals surface area contributed by atoms with E-state index in [4.69, 9.17) is 0 Å². The molecule has 2 fully saturated rings. The summed E-state index contributed by atoms with van der Waals surface area (Å²) >= 11 is 0. The second kappa shape index (κ2) is 3.72. The SMILES string of the molecule is Bc1ccc(-c2cnc([C@@H]3C[C@H]4CC4N3)[nH]2)cc1. The number of hydrogen-bond acceptors (Lipinski definition) is 2. The predicted octanol–water partition coefficient (Wildman–Crippen LogP) is 0.758. The first-order valence-corrected chi connectivity index (χ1v) is 6.67. The summed E-state index contributed by atoms with van der Waals surface area (Å²) < 4.78 is 0. The molecule has 4 heteroatoms. The van der Waals surface area contributed by atoms with Crippen molar-refractivity contribution >= 4 is 13.3 Å². The maximum Gasteiger partial charge on any atom is 0.139 e. The Balaban J connectivity index is 1.59. The number of piperidine rings is 1. The standard InChI is InChI=1S/C14H16BN3/c15-10-3-1-8(2-4-10)13-7-16-14(18-13)12-6-9-5-11(9)17-12/h1-4,7,9,11-12,17H,5-6,15H2,(H,16,18)/t9-,11?,12+/m1/s1. The Kier molecular flexibility index (Phi) is 2.15. The van der Waals surface area contributed by atoms with E-state index in [0.29, 0.717) is 6.04 Å². The lowest BCUT2D eigenvalue weighted by Crippen LogP contribution is -2.18. The number of H-pyrrole nitrogens is 1. The van der Waals surface area contributed by atoms with E-state index in [1.54, 1.807) is 0 Å². The number of nitrogens with one attached hydrogen (secondary N) is 2. The fraction of sp³-hybridized carbons (Fsp3) is 0.357. The second-order valence-corrected chi connectivity index (χ2v) is 5.61. The quantitative estimate of drug-likeness (QED) is 0.757. The van der Waals surface area contributed by atoms with Crippen molar-refractivity contribution in [1.82, 2.24) is 15.3 Å². The number of imidazole rings is 1. The highest BCUT2D eigenvalue weighted by Gasteiger charge is 2.46. The summed E-state index contributed by atoms with van der Waals surface area (Å²) in [5, 5.41) is 3.62. The van der Waals surface area contributed by atoms with Gasteiger partial charge in [0, 0.05) is 6.04 Å². The lowest BCUT2D eigenvalue weighted by Gasteiger charge is -2.09. The number of aromatic nitrogens is 2. The summed E-state index contributed by atoms with van der Waals surface area (Å²) in [5.41, 5.74) is 3.62. The lowest BCUT2D eigenvalue weighted by molar-refractivity contribution is 0.543. The van der Waals surface area contributed by atoms with Crippen molar-refractivity contribution in [3.05, 3.63) is 36.3 Å². The van der Waals surface area contributed by atoms with Crippen molar-refractivity contribution in [2.45, 2.75) is 24.9 Å². The van der Waals surface area contributed by atoms with Gasteiger partial charge in [0.1, 0.15) is 13.7 Å². The van der Waals surface area contributed by atoms with Crippen LogP contribution >= 0.6 is 0 Å². The van der Waals surface area contributed by atoms with E-state index in [1.807, 2.05) is 6.20 Å². The fourth-order valence-corrected chi connectivity index (χ4v) is 2.93. The molecule has 0 spiro atoms. The molecule has 1 unspecified atom stereocenters. The molecular formula is C14H16BN3. The molecule has 2 heterocycles. The summed E-state index contributed by atoms with van der Waals surface area (Å²) in [5.74, 6) is 2.00. The highest BCUT2D eigenvalue weighted by Crippen LogP contribution is 2.45. The first kappa shape index (κ1) is 10.4. The van der Waals surface area contributed by atoms with Crippen LogP contribution in [0.2, 0.25) is 0 Å². The number of benzene rings is 1. The van der Waals surface area contributed by atoms with Crippen LogP contribution in [0.5, 0.6) is 0 Å². The Bertz CT molecular complexity index is 565. The number of fused-ring (bicyclic) bond motifs is 1. The molecule has 3 nitrogen and oxygen atoms in total. The second-order valence-electron chi connectivity index (χ2n) is 5.61. The van der Waals surface area contributed by atoms with Crippen LogP contribution < -0.4 is 10.8 Å². The van der Waals surface area contributed by atoms with Gasteiger partial charge in [-0.3, -0.25) is 0 Å². The summed E-state index contributed by atoms with van der Waals surface area (Å²) in [4.78, 5) is 7.99. The minimum atomic E-state index is 0.438. The Labute approximate surface area is 107 Å². The summed E-state index contributed by atoms with van der Waals surface area (Å²) in [6.45, 7) is 0. The molecule has 18 heavy (non-hydrogen) atoms. The van der Waals surface area contributed by atoms with Gasteiger partial charge in [0.05, 0.1) is 17.9 Å². The number of rotatable bonds is 2. The van der Waals surface area contributed by atoms with E-state index in [2.05, 4.69) is 47.4 Å². The van der Waals surface area contributed by atoms with Crippen LogP contribution in [0.25, 0.3) is 11.3 Å². The van der Waals surface area contributed by atoms with Crippen molar-refractivity contribution in [2.75, 3.05) is 0 Å². The fourth-order valence-electron chi connectivity index (χ4n) is 2.93. The van der Waals surface area contributed by atoms with Crippen LogP contribution in [-0.4, -0.2) is 23.9 Å². The summed E-state index contributed by atoms with van der Waals surface area (Å²) in [6, 6.07) is 9.77. The van der Waals surface area contributed by atoms with Crippen LogP contribution in [0, 0.1) is 5.92 Å². The molecule has 0 radical (unpaired) electrons. The zero-order chi connectivity index (χ0) is 12.1. The number of hydrogen-bond donors (Lipinski definition) is 2. The van der Waals surface area contributed by atoms with Gasteiger partial charge >= 0.3 is 0 Å². The molecular weight excluding hydrogens is 221 g/mol. The summed E-state index contributed by atoms with van der Waals surface area (Å²) in [6.07, 6.45) is 4.55. The van der Waals surface area contributed by atoms with Crippen molar-refractivity contribution in [3.63, 3.8) is 0 Å². The third-order valence-electron chi connectivity index (χ3n) is 4.16. The maximum atomic E-state index is 4.53. The Morgan fingerprint density at radius 3 is 2.72 bits per heavy atom. The molecule has 1 aliphatic heterocycles. The van der Waals surface area contributed by atoms with Crippen molar-refractivity contribution < 1.29 is 0 Å². The monoisotopic (exact) mass is 237 g/mol. The van der Waals surface area contributed by atoms with Crippen molar-refractivity contribution in [1.29, 1.82) is 0 Å². The molecule has 0 amide bonds. The Morgan fingerprint density at radius 1 is 1.17 bits per heavy atom. The number of nitrogens with zero attached hydrogens (tertiary/aromatic N) is 1. The average Bonchev–Trinajstić information content (AvgIpc) is 2.83. The van der Waals surface area contributed by atoms with Crippen LogP contribution in [0.4, 0.5) is 0 Å². The topological polar surface area (TPSA) is 40.7 Å². The van der Waals surface area contributed by atoms with Crippen molar-refractivity contribution in [3.8, 4) is 11.3 Å². The number of aromatic amines is 1.